The summed E-state index contributed by atoms with van der Waals surface area (Å²) < 4.78 is 28.0. The van der Waals surface area contributed by atoms with E-state index in [1.165, 1.54) is 4.68 Å². The molecule has 2 rings (SSSR count). The van der Waals surface area contributed by atoms with E-state index in [0.717, 1.165) is 29.9 Å². The molecule has 0 radical (unpaired) electrons. The maximum atomic E-state index is 12.4. The molecule has 0 aliphatic rings. The molecular weight excluding hydrogens is 276 g/mol. The van der Waals surface area contributed by atoms with Crippen LogP contribution in [0.15, 0.2) is 18.5 Å². The molecule has 21 heavy (non-hydrogen) atoms. The second kappa shape index (κ2) is 7.31. The molecule has 1 N–H and O–H groups in total. The molecular formula is C14H21F2N5. The van der Waals surface area contributed by atoms with E-state index >= 15 is 0 Å². The van der Waals surface area contributed by atoms with E-state index in [0.29, 0.717) is 13.1 Å². The molecule has 116 valence electrons. The van der Waals surface area contributed by atoms with Crippen molar-refractivity contribution in [1.29, 1.82) is 0 Å². The second-order valence-electron chi connectivity index (χ2n) is 5.00. The van der Waals surface area contributed by atoms with Crippen molar-refractivity contribution in [3.63, 3.8) is 0 Å². The molecule has 0 aliphatic heterocycles. The van der Waals surface area contributed by atoms with E-state index in [2.05, 4.69) is 22.4 Å². The lowest BCUT2D eigenvalue weighted by molar-refractivity contribution is 0.121. The number of hydrogen-bond donors (Lipinski definition) is 1. The predicted molar refractivity (Wildman–Crippen MR) is 76.0 cm³/mol. The number of nitrogens with one attached hydrogen (secondary N) is 1. The minimum atomic E-state index is -2.38. The van der Waals surface area contributed by atoms with Gasteiger partial charge < -0.3 is 5.32 Å². The van der Waals surface area contributed by atoms with Crippen LogP contribution in [0.2, 0.25) is 0 Å². The number of aromatic nitrogens is 4. The summed E-state index contributed by atoms with van der Waals surface area (Å²) in [5, 5.41) is 11.7. The van der Waals surface area contributed by atoms with Crippen LogP contribution in [0.25, 0.3) is 0 Å². The Morgan fingerprint density at radius 2 is 2.14 bits per heavy atom. The van der Waals surface area contributed by atoms with Crippen LogP contribution in [0.4, 0.5) is 8.78 Å². The number of hydrogen-bond acceptors (Lipinski definition) is 3. The third kappa shape index (κ3) is 4.35. The molecule has 0 fully saturated rings. The van der Waals surface area contributed by atoms with Gasteiger partial charge in [0.1, 0.15) is 6.54 Å². The van der Waals surface area contributed by atoms with Crippen LogP contribution in [-0.2, 0) is 26.2 Å². The number of rotatable bonds is 8. The lowest BCUT2D eigenvalue weighted by atomic mass is 10.2. The topological polar surface area (TPSA) is 47.7 Å². The zero-order chi connectivity index (χ0) is 15.2. The quantitative estimate of drug-likeness (QED) is 0.813. The molecule has 0 unspecified atom stereocenters. The molecule has 0 aliphatic carbocycles. The highest BCUT2D eigenvalue weighted by Crippen LogP contribution is 2.09. The molecule has 2 aromatic heterocycles. The highest BCUT2D eigenvalue weighted by molar-refractivity contribution is 5.16. The highest BCUT2D eigenvalue weighted by atomic mass is 19.3. The van der Waals surface area contributed by atoms with Crippen LogP contribution in [0, 0.1) is 6.92 Å². The fourth-order valence-electron chi connectivity index (χ4n) is 2.15. The Hall–Kier alpha value is -1.76. The summed E-state index contributed by atoms with van der Waals surface area (Å²) in [6.07, 6.45) is 2.27. The first kappa shape index (κ1) is 15.6. The van der Waals surface area contributed by atoms with Crippen molar-refractivity contribution < 1.29 is 8.78 Å². The van der Waals surface area contributed by atoms with Crippen molar-refractivity contribution in [3.05, 3.63) is 35.4 Å². The zero-order valence-corrected chi connectivity index (χ0v) is 12.4. The van der Waals surface area contributed by atoms with Gasteiger partial charge >= 0.3 is 0 Å². The van der Waals surface area contributed by atoms with Gasteiger partial charge in [-0.3, -0.25) is 9.36 Å². The Bertz CT molecular complexity index is 561. The average Bonchev–Trinajstić information content (AvgIpc) is 3.00. The van der Waals surface area contributed by atoms with Gasteiger partial charge in [0, 0.05) is 37.1 Å². The third-order valence-corrected chi connectivity index (χ3v) is 3.29. The molecule has 2 aromatic rings. The van der Waals surface area contributed by atoms with Gasteiger partial charge in [0.05, 0.1) is 11.9 Å². The number of halogens is 2. The monoisotopic (exact) mass is 297 g/mol. The molecule has 7 heteroatoms. The maximum absolute atomic E-state index is 12.4. The predicted octanol–water partition coefficient (Wildman–Crippen LogP) is 2.35. The molecule has 0 saturated carbocycles. The van der Waals surface area contributed by atoms with Crippen LogP contribution in [0.5, 0.6) is 0 Å². The average molecular weight is 297 g/mol. The van der Waals surface area contributed by atoms with E-state index in [-0.39, 0.29) is 6.54 Å². The van der Waals surface area contributed by atoms with Gasteiger partial charge in [0.25, 0.3) is 6.43 Å². The molecule has 0 saturated heterocycles. The normalized spacial score (nSPS) is 11.5. The first-order valence-electron chi connectivity index (χ1n) is 7.12. The van der Waals surface area contributed by atoms with E-state index in [1.54, 1.807) is 6.20 Å². The first-order valence-corrected chi connectivity index (χ1v) is 7.12. The molecule has 0 spiro atoms. The zero-order valence-electron chi connectivity index (χ0n) is 12.4. The summed E-state index contributed by atoms with van der Waals surface area (Å²) in [5.74, 6) is 0. The van der Waals surface area contributed by atoms with Crippen LogP contribution in [-0.4, -0.2) is 26.0 Å². The van der Waals surface area contributed by atoms with E-state index in [4.69, 9.17) is 0 Å². The smallest absolute Gasteiger partial charge is 0.257 e. The third-order valence-electron chi connectivity index (χ3n) is 3.29. The summed E-state index contributed by atoms with van der Waals surface area (Å²) in [7, 11) is 0. The van der Waals surface area contributed by atoms with Crippen LogP contribution >= 0.6 is 0 Å². The van der Waals surface area contributed by atoms with Gasteiger partial charge in [-0.25, -0.2) is 8.78 Å². The van der Waals surface area contributed by atoms with Crippen molar-refractivity contribution in [2.75, 3.05) is 0 Å². The summed E-state index contributed by atoms with van der Waals surface area (Å²) in [6, 6.07) is 1.98. The number of nitrogens with zero attached hydrogens (tertiary/aromatic N) is 4. The largest absolute Gasteiger partial charge is 0.307 e. The Labute approximate surface area is 123 Å². The van der Waals surface area contributed by atoms with Gasteiger partial charge in [0.2, 0.25) is 0 Å². The van der Waals surface area contributed by atoms with Crippen LogP contribution in [0.1, 0.15) is 30.3 Å². The molecule has 5 nitrogen and oxygen atoms in total. The molecule has 0 atom stereocenters. The van der Waals surface area contributed by atoms with Gasteiger partial charge in [-0.2, -0.15) is 10.2 Å². The lowest BCUT2D eigenvalue weighted by Crippen LogP contribution is -2.15. The fourth-order valence-corrected chi connectivity index (χ4v) is 2.15. The Morgan fingerprint density at radius 3 is 2.86 bits per heavy atom. The van der Waals surface area contributed by atoms with Gasteiger partial charge in [-0.15, -0.1) is 0 Å². The molecule has 0 bridgehead atoms. The maximum Gasteiger partial charge on any atom is 0.257 e. The molecule has 0 amide bonds. The SMILES string of the molecule is CCCn1ccc(CNCc2cnn(CC(F)F)c2C)n1. The van der Waals surface area contributed by atoms with Crippen molar-refractivity contribution in [2.45, 2.75) is 52.9 Å². The van der Waals surface area contributed by atoms with Gasteiger partial charge in [-0.05, 0) is 19.4 Å². The summed E-state index contributed by atoms with van der Waals surface area (Å²) in [4.78, 5) is 0. The van der Waals surface area contributed by atoms with Crippen molar-refractivity contribution in [3.8, 4) is 0 Å². The Kier molecular flexibility index (Phi) is 5.44. The summed E-state index contributed by atoms with van der Waals surface area (Å²) in [5.41, 5.74) is 2.68. The highest BCUT2D eigenvalue weighted by Gasteiger charge is 2.10. The van der Waals surface area contributed by atoms with Crippen molar-refractivity contribution in [2.24, 2.45) is 0 Å². The number of alkyl halides is 2. The minimum Gasteiger partial charge on any atom is -0.307 e. The summed E-state index contributed by atoms with van der Waals surface area (Å²) >= 11 is 0. The van der Waals surface area contributed by atoms with E-state index in [9.17, 15) is 8.78 Å². The first-order chi connectivity index (χ1) is 10.1. The van der Waals surface area contributed by atoms with Crippen molar-refractivity contribution in [1.82, 2.24) is 24.9 Å². The van der Waals surface area contributed by atoms with Gasteiger partial charge in [0.15, 0.2) is 0 Å². The van der Waals surface area contributed by atoms with Crippen LogP contribution < -0.4 is 5.32 Å². The second-order valence-corrected chi connectivity index (χ2v) is 5.00. The number of aryl methyl sites for hydroxylation is 1. The van der Waals surface area contributed by atoms with Gasteiger partial charge in [-0.1, -0.05) is 6.92 Å². The molecule has 0 aromatic carbocycles. The molecule has 2 heterocycles. The van der Waals surface area contributed by atoms with E-state index < -0.39 is 6.43 Å². The fraction of sp³-hybridized carbons (Fsp3) is 0.571. The van der Waals surface area contributed by atoms with Crippen LogP contribution in [0.3, 0.4) is 0 Å². The minimum absolute atomic E-state index is 0.354. The summed E-state index contributed by atoms with van der Waals surface area (Å²) in [6.45, 7) is 5.72. The Balaban J connectivity index is 1.84. The standard InChI is InChI=1S/C14H21F2N5/c1-3-5-20-6-4-13(19-20)9-17-7-12-8-18-21(11(12)2)10-14(15)16/h4,6,8,14,17H,3,5,7,9-10H2,1-2H3. The van der Waals surface area contributed by atoms with Crippen molar-refractivity contribution >= 4 is 0 Å². The van der Waals surface area contributed by atoms with E-state index in [1.807, 2.05) is 23.9 Å². The Morgan fingerprint density at radius 1 is 1.33 bits per heavy atom. The lowest BCUT2D eigenvalue weighted by Gasteiger charge is -2.05.